The van der Waals surface area contributed by atoms with Gasteiger partial charge in [0.2, 0.25) is 22.7 Å². The van der Waals surface area contributed by atoms with Crippen molar-refractivity contribution < 1.29 is 82.9 Å². The van der Waals surface area contributed by atoms with E-state index >= 15 is 0 Å². The summed E-state index contributed by atoms with van der Waals surface area (Å²) in [7, 11) is 9.92. The number of benzene rings is 4. The van der Waals surface area contributed by atoms with Crippen molar-refractivity contribution in [3.05, 3.63) is 139 Å². The van der Waals surface area contributed by atoms with Crippen molar-refractivity contribution in [3.8, 4) is 11.5 Å². The van der Waals surface area contributed by atoms with Crippen LogP contribution in [0.25, 0.3) is 19.4 Å². The molecule has 0 saturated carbocycles. The van der Waals surface area contributed by atoms with Crippen LogP contribution < -0.4 is 4.74 Å². The quantitative estimate of drug-likeness (QED) is 0.0886. The Balaban J connectivity index is 0.000000232. The molecule has 6 amide bonds. The average molecular weight is 1400 g/mol. The highest BCUT2D eigenvalue weighted by molar-refractivity contribution is 8.14. The van der Waals surface area contributed by atoms with Crippen LogP contribution >= 0.6 is 35.7 Å². The van der Waals surface area contributed by atoms with Gasteiger partial charge >= 0.3 is 42.3 Å². The van der Waals surface area contributed by atoms with E-state index in [2.05, 4.69) is 19.4 Å². The van der Waals surface area contributed by atoms with Gasteiger partial charge in [0.15, 0.2) is 0 Å². The summed E-state index contributed by atoms with van der Waals surface area (Å²) < 4.78 is 124. The summed E-state index contributed by atoms with van der Waals surface area (Å²) in [6, 6.07) is 13.3. The summed E-state index contributed by atoms with van der Waals surface area (Å²) in [6.45, 7) is 35.0. The Hall–Kier alpha value is -8.98. The van der Waals surface area contributed by atoms with E-state index < -0.39 is 41.9 Å². The largest absolute Gasteiger partial charge is 0.519 e. The predicted molar refractivity (Wildman–Crippen MR) is 345 cm³/mol. The summed E-state index contributed by atoms with van der Waals surface area (Å²) in [5.74, 6) is -5.51. The first-order chi connectivity index (χ1) is 44.8. The first-order valence-electron chi connectivity index (χ1n) is 29.3. The molecule has 0 unspecified atom stereocenters. The van der Waals surface area contributed by atoms with Gasteiger partial charge in [0.25, 0.3) is 15.7 Å². The van der Waals surface area contributed by atoms with Crippen molar-refractivity contribution in [2.75, 3.05) is 94.6 Å². The van der Waals surface area contributed by atoms with E-state index in [1.807, 2.05) is 26.8 Å². The fraction of sp³-hybridized carbons (Fsp3) is 0.453. The van der Waals surface area contributed by atoms with Gasteiger partial charge in [-0.2, -0.15) is 39.5 Å². The molecule has 0 atom stereocenters. The van der Waals surface area contributed by atoms with Crippen molar-refractivity contribution >= 4 is 98.0 Å². The lowest BCUT2D eigenvalue weighted by Gasteiger charge is -2.26. The van der Waals surface area contributed by atoms with Crippen LogP contribution in [0.4, 0.5) is 76.6 Å². The monoisotopic (exact) mass is 1400 g/mol. The molecule has 4 aromatic carbocycles. The lowest BCUT2D eigenvalue weighted by molar-refractivity contribution is -0.185. The Kier molecular flexibility index (Phi) is 26.8. The summed E-state index contributed by atoms with van der Waals surface area (Å²) in [5.41, 5.74) is 6.54. The second kappa shape index (κ2) is 33.1. The fourth-order valence-corrected chi connectivity index (χ4v) is 12.0. The molecule has 0 aromatic heterocycles. The Morgan fingerprint density at radius 1 is 0.458 bits per heavy atom. The molecule has 0 fully saturated rings. The zero-order valence-corrected chi connectivity index (χ0v) is 56.1. The third-order valence-electron chi connectivity index (χ3n) is 14.9. The highest BCUT2D eigenvalue weighted by Gasteiger charge is 2.45. The van der Waals surface area contributed by atoms with Gasteiger partial charge in [-0.3, -0.25) is 24.0 Å². The molecule has 0 spiro atoms. The number of phenols is 1. The fourth-order valence-electron chi connectivity index (χ4n) is 10.0. The topological polar surface area (TPSA) is 181 Å². The summed E-state index contributed by atoms with van der Waals surface area (Å²) in [4.78, 5) is 93.9. The van der Waals surface area contributed by atoms with Gasteiger partial charge in [0.1, 0.15) is 17.1 Å². The number of hydrogen-bond donors (Lipinski definition) is 1. The van der Waals surface area contributed by atoms with Crippen molar-refractivity contribution in [1.82, 2.24) is 34.3 Å². The summed E-state index contributed by atoms with van der Waals surface area (Å²) in [5, 5.41) is 9.66. The molecule has 4 aliphatic rings. The number of rotatable bonds is 3. The van der Waals surface area contributed by atoms with E-state index in [1.54, 1.807) is 88.5 Å². The number of carbonyl (C=O) groups is 6. The van der Waals surface area contributed by atoms with E-state index in [-0.39, 0.29) is 128 Å². The van der Waals surface area contributed by atoms with Crippen LogP contribution in [-0.4, -0.2) is 198 Å². The van der Waals surface area contributed by atoms with Gasteiger partial charge in [0, 0.05) is 104 Å². The van der Waals surface area contributed by atoms with Crippen molar-refractivity contribution in [3.63, 3.8) is 0 Å². The Morgan fingerprint density at radius 3 is 1.10 bits per heavy atom. The standard InChI is InChI=1S/C19H25N3O3S.2C16H16F3N3O2S.C13H11F3N2O2/c1-19(2,3)25-17(23)22-11-9-13-7-8-15(20-4)16(14(13)10-12-22)26-18(24)21(5)6;1-20-12-5-4-10-6-8-22(14(23)16(17,18)19)9-7-11(10)13(12)25-15(24)21(2)3;1-20-12-5-4-10-6-8-22(14(23)16(17,18)19)9-7-11(10)13(12)24-15(25)21(2)3;1-17-10-3-2-8-4-6-18(12(20)13(14,15)16)7-5-9(8)11(10)19/h7-8H,9-12H2,1-3,5-6H3;2*4-5H,6-9H2,2-3H3;2-3,19H,4-7H2. The third kappa shape index (κ3) is 20.8. The van der Waals surface area contributed by atoms with Crippen molar-refractivity contribution in [2.24, 2.45) is 0 Å². The third-order valence-corrected chi connectivity index (χ3v) is 17.7. The maximum absolute atomic E-state index is 12.7. The van der Waals surface area contributed by atoms with E-state index in [1.165, 1.54) is 15.9 Å². The second-order valence-corrected chi connectivity index (χ2v) is 25.6. The minimum absolute atomic E-state index is 0.0414. The average Bonchev–Trinajstić information content (AvgIpc) is 1.67. The highest BCUT2D eigenvalue weighted by Crippen LogP contribution is 2.42. The predicted octanol–water partition coefficient (Wildman–Crippen LogP) is 13.2. The zero-order chi connectivity index (χ0) is 71.9. The van der Waals surface area contributed by atoms with Crippen LogP contribution in [0.5, 0.6) is 11.5 Å². The normalized spacial score (nSPS) is 14.4. The van der Waals surface area contributed by atoms with Crippen LogP contribution in [0.3, 0.4) is 0 Å². The molecule has 1 N–H and O–H groups in total. The molecule has 4 aromatic rings. The molecule has 96 heavy (non-hydrogen) atoms. The van der Waals surface area contributed by atoms with E-state index in [9.17, 15) is 73.4 Å². The number of amides is 6. The molecule has 0 saturated heterocycles. The van der Waals surface area contributed by atoms with Gasteiger partial charge in [-0.05, 0) is 152 Å². The molecule has 32 heteroatoms. The van der Waals surface area contributed by atoms with E-state index in [0.717, 1.165) is 60.5 Å². The zero-order valence-electron chi connectivity index (χ0n) is 53.7. The molecular weight excluding hydrogens is 1330 g/mol. The van der Waals surface area contributed by atoms with Crippen LogP contribution in [0.15, 0.2) is 58.3 Å². The van der Waals surface area contributed by atoms with Gasteiger partial charge in [-0.25, -0.2) is 24.2 Å². The molecule has 8 rings (SSSR count). The second-order valence-electron chi connectivity index (χ2n) is 23.3. The van der Waals surface area contributed by atoms with Gasteiger partial charge in [0.05, 0.1) is 26.3 Å². The number of phenolic OH excluding ortho intramolecular Hbond substituents is 1. The first-order valence-corrected chi connectivity index (χ1v) is 31.3. The van der Waals surface area contributed by atoms with Crippen molar-refractivity contribution in [1.29, 1.82) is 0 Å². The number of thioether (sulfide) groups is 2. The van der Waals surface area contributed by atoms with Crippen LogP contribution in [0.2, 0.25) is 0 Å². The van der Waals surface area contributed by atoms with E-state index in [0.29, 0.717) is 63.7 Å². The molecule has 514 valence electrons. The van der Waals surface area contributed by atoms with Crippen LogP contribution in [0, 0.1) is 26.3 Å². The maximum Gasteiger partial charge on any atom is 0.471 e. The molecule has 4 aliphatic heterocycles. The number of ether oxygens (including phenoxy) is 2. The van der Waals surface area contributed by atoms with Crippen molar-refractivity contribution in [2.45, 2.75) is 106 Å². The van der Waals surface area contributed by atoms with Gasteiger partial charge in [-0.15, -0.1) is 0 Å². The SMILES string of the molecule is [C-]#[N+]c1ccc2c(c1O)CCN(C(=O)C(F)(F)F)CC2.[C-]#[N+]c1ccc2c(c1OC(=S)N(C)C)CCN(C(=O)C(F)(F)F)CC2.[C-]#[N+]c1ccc2c(c1SC(=O)N(C)C)CCN(C(=O)C(F)(F)F)CC2.[C-]#[N+]c1ccc2c(c1SC(=O)N(C)C)CCN(C(=O)OC(C)(C)C)CC2. The summed E-state index contributed by atoms with van der Waals surface area (Å²) in [6.07, 6.45) is -12.6. The number of carbonyl (C=O) groups excluding carboxylic acids is 6. The number of alkyl halides is 9. The smallest absolute Gasteiger partial charge is 0.471 e. The van der Waals surface area contributed by atoms with E-state index in [4.69, 9.17) is 48.0 Å². The number of hydrogen-bond acceptors (Lipinski definition) is 12. The Labute approximate surface area is 563 Å². The molecular formula is C64H68F9N11O9S3. The Bertz CT molecular complexity index is 3670. The van der Waals surface area contributed by atoms with Crippen LogP contribution in [0.1, 0.15) is 65.3 Å². The lowest BCUT2D eigenvalue weighted by Crippen LogP contribution is -2.42. The van der Waals surface area contributed by atoms with Gasteiger partial charge in [-0.1, -0.05) is 48.5 Å². The maximum atomic E-state index is 12.7. The minimum Gasteiger partial charge on any atom is -0.519 e. The molecule has 0 radical (unpaired) electrons. The number of fused-ring (bicyclic) bond motifs is 4. The Morgan fingerprint density at radius 2 is 0.760 bits per heavy atom. The molecule has 0 bridgehead atoms. The first kappa shape index (κ1) is 77.7. The minimum atomic E-state index is -4.91. The molecule has 0 aliphatic carbocycles. The highest BCUT2D eigenvalue weighted by atomic mass is 32.2. The number of aromatic hydroxyl groups is 1. The number of halogens is 9. The van der Waals surface area contributed by atoms with Gasteiger partial charge < -0.3 is 48.9 Å². The number of nitrogens with zero attached hydrogens (tertiary/aromatic N) is 11. The van der Waals surface area contributed by atoms with Crippen LogP contribution in [-0.2, 0) is 70.5 Å². The molecule has 20 nitrogen and oxygen atoms in total. The number of thiocarbonyl (C=S) groups is 1. The lowest BCUT2D eigenvalue weighted by atomic mass is 10.0. The molecule has 4 heterocycles. The summed E-state index contributed by atoms with van der Waals surface area (Å²) >= 11 is 7.08.